The van der Waals surface area contributed by atoms with Crippen molar-refractivity contribution in [3.63, 3.8) is 0 Å². The van der Waals surface area contributed by atoms with Gasteiger partial charge < -0.3 is 10.3 Å². The van der Waals surface area contributed by atoms with Crippen LogP contribution in [-0.4, -0.2) is 34.2 Å². The summed E-state index contributed by atoms with van der Waals surface area (Å²) in [5.74, 6) is 1.37. The first-order valence-electron chi connectivity index (χ1n) is 6.67. The van der Waals surface area contributed by atoms with Crippen LogP contribution in [0, 0.1) is 0 Å². The highest BCUT2D eigenvalue weighted by atomic mass is 32.1. The Hall–Kier alpha value is -1.24. The normalized spacial score (nSPS) is 20.8. The van der Waals surface area contributed by atoms with E-state index in [0.29, 0.717) is 18.5 Å². The van der Waals surface area contributed by atoms with Crippen LogP contribution in [0.1, 0.15) is 25.1 Å². The van der Waals surface area contributed by atoms with Gasteiger partial charge in [0.25, 0.3) is 5.89 Å². The molecule has 2 N–H and O–H groups in total. The van der Waals surface area contributed by atoms with Gasteiger partial charge in [-0.15, -0.1) is 11.3 Å². The zero-order chi connectivity index (χ0) is 13.1. The molecule has 2 aromatic rings. The zero-order valence-corrected chi connectivity index (χ0v) is 11.6. The number of nitrogens with two attached hydrogens (primary N) is 1. The van der Waals surface area contributed by atoms with Gasteiger partial charge in [0.2, 0.25) is 0 Å². The number of thiophene rings is 1. The van der Waals surface area contributed by atoms with Crippen molar-refractivity contribution in [1.29, 1.82) is 0 Å². The Morgan fingerprint density at radius 3 is 3.21 bits per heavy atom. The molecule has 1 saturated heterocycles. The number of aromatic nitrogens is 2. The summed E-state index contributed by atoms with van der Waals surface area (Å²) in [6.45, 7) is 2.51. The van der Waals surface area contributed by atoms with Crippen molar-refractivity contribution >= 4 is 11.3 Å². The Bertz CT molecular complexity index is 510. The van der Waals surface area contributed by atoms with Crippen LogP contribution >= 0.6 is 11.3 Å². The van der Waals surface area contributed by atoms with Crippen LogP contribution in [-0.2, 0) is 6.54 Å². The summed E-state index contributed by atoms with van der Waals surface area (Å²) in [6.07, 6.45) is 3.67. The molecule has 1 unspecified atom stereocenters. The van der Waals surface area contributed by atoms with Gasteiger partial charge in [-0.2, -0.15) is 4.98 Å². The Kier molecular flexibility index (Phi) is 3.91. The molecule has 0 bridgehead atoms. The minimum Gasteiger partial charge on any atom is -0.333 e. The monoisotopic (exact) mass is 278 g/mol. The maximum atomic E-state index is 5.83. The molecule has 0 amide bonds. The summed E-state index contributed by atoms with van der Waals surface area (Å²) < 4.78 is 5.31. The molecule has 102 valence electrons. The van der Waals surface area contributed by atoms with Gasteiger partial charge in [-0.25, -0.2) is 0 Å². The maximum absolute atomic E-state index is 5.83. The lowest BCUT2D eigenvalue weighted by atomic mass is 10.0. The van der Waals surface area contributed by atoms with E-state index in [1.54, 1.807) is 11.3 Å². The van der Waals surface area contributed by atoms with Gasteiger partial charge in [0.15, 0.2) is 5.82 Å². The van der Waals surface area contributed by atoms with Crippen LogP contribution in [0.2, 0.25) is 0 Å². The highest BCUT2D eigenvalue weighted by molar-refractivity contribution is 7.13. The first kappa shape index (κ1) is 12.8. The second kappa shape index (κ2) is 5.81. The van der Waals surface area contributed by atoms with Gasteiger partial charge >= 0.3 is 0 Å². The first-order chi connectivity index (χ1) is 9.36. The second-order valence-electron chi connectivity index (χ2n) is 4.85. The fraction of sp³-hybridized carbons (Fsp3) is 0.538. The molecule has 1 fully saturated rings. The molecule has 1 aliphatic rings. The summed E-state index contributed by atoms with van der Waals surface area (Å²) in [4.78, 5) is 7.85. The van der Waals surface area contributed by atoms with E-state index < -0.39 is 0 Å². The average Bonchev–Trinajstić information content (AvgIpc) is 3.09. The first-order valence-corrected chi connectivity index (χ1v) is 7.55. The molecular formula is C13H18N4OS. The summed E-state index contributed by atoms with van der Waals surface area (Å²) in [6, 6.07) is 4.43. The number of hydrogen-bond donors (Lipinski definition) is 1. The molecule has 19 heavy (non-hydrogen) atoms. The molecule has 0 saturated carbocycles. The van der Waals surface area contributed by atoms with Crippen LogP contribution in [0.25, 0.3) is 10.8 Å². The number of likely N-dealkylation sites (tertiary alicyclic amines) is 1. The van der Waals surface area contributed by atoms with Crippen LogP contribution in [0.3, 0.4) is 0 Å². The predicted octanol–water partition coefficient (Wildman–Crippen LogP) is 2.11. The summed E-state index contributed by atoms with van der Waals surface area (Å²) in [5.41, 5.74) is 5.83. The molecular weight excluding hydrogens is 260 g/mol. The highest BCUT2D eigenvalue weighted by Gasteiger charge is 2.23. The number of rotatable bonds is 4. The average molecular weight is 278 g/mol. The van der Waals surface area contributed by atoms with Gasteiger partial charge in [-0.05, 0) is 30.8 Å². The second-order valence-corrected chi connectivity index (χ2v) is 5.80. The molecule has 1 aliphatic heterocycles. The van der Waals surface area contributed by atoms with E-state index in [-0.39, 0.29) is 0 Å². The third-order valence-corrected chi connectivity index (χ3v) is 4.42. The molecule has 6 heteroatoms. The molecule has 5 nitrogen and oxygen atoms in total. The van der Waals surface area contributed by atoms with Gasteiger partial charge in [0, 0.05) is 12.6 Å². The van der Waals surface area contributed by atoms with Crippen LogP contribution in [0.15, 0.2) is 22.0 Å². The van der Waals surface area contributed by atoms with Gasteiger partial charge in [0.05, 0.1) is 11.4 Å². The van der Waals surface area contributed by atoms with E-state index in [2.05, 4.69) is 15.0 Å². The molecule has 2 aromatic heterocycles. The lowest BCUT2D eigenvalue weighted by molar-refractivity contribution is 0.140. The fourth-order valence-electron chi connectivity index (χ4n) is 2.54. The van der Waals surface area contributed by atoms with Crippen LogP contribution < -0.4 is 5.73 Å². The molecule has 1 atom stereocenters. The van der Waals surface area contributed by atoms with Gasteiger partial charge in [0.1, 0.15) is 0 Å². The standard InChI is InChI=1S/C13H18N4OS/c14-8-10-4-1-2-6-17(10)9-12-15-13(18-16-12)11-5-3-7-19-11/h3,5,7,10H,1-2,4,6,8-9,14H2. The van der Waals surface area contributed by atoms with Crippen molar-refractivity contribution in [3.8, 4) is 10.8 Å². The van der Waals surface area contributed by atoms with Crippen molar-refractivity contribution in [2.24, 2.45) is 5.73 Å². The quantitative estimate of drug-likeness (QED) is 0.927. The van der Waals surface area contributed by atoms with Crippen molar-refractivity contribution in [1.82, 2.24) is 15.0 Å². The topological polar surface area (TPSA) is 68.2 Å². The third-order valence-electron chi connectivity index (χ3n) is 3.57. The van der Waals surface area contributed by atoms with Crippen LogP contribution in [0.4, 0.5) is 0 Å². The van der Waals surface area contributed by atoms with E-state index in [1.807, 2.05) is 17.5 Å². The van der Waals surface area contributed by atoms with Gasteiger partial charge in [-0.1, -0.05) is 17.6 Å². The number of piperidine rings is 1. The Morgan fingerprint density at radius 2 is 2.42 bits per heavy atom. The fourth-order valence-corrected chi connectivity index (χ4v) is 3.18. The minimum atomic E-state index is 0.456. The summed E-state index contributed by atoms with van der Waals surface area (Å²) >= 11 is 1.61. The molecule has 3 rings (SSSR count). The van der Waals surface area contributed by atoms with E-state index in [0.717, 1.165) is 23.8 Å². The molecule has 0 aliphatic carbocycles. The van der Waals surface area contributed by atoms with Crippen molar-refractivity contribution in [2.75, 3.05) is 13.1 Å². The zero-order valence-electron chi connectivity index (χ0n) is 10.8. The minimum absolute atomic E-state index is 0.456. The number of hydrogen-bond acceptors (Lipinski definition) is 6. The Labute approximate surface area is 116 Å². The predicted molar refractivity (Wildman–Crippen MR) is 74.7 cm³/mol. The molecule has 0 radical (unpaired) electrons. The molecule has 3 heterocycles. The maximum Gasteiger partial charge on any atom is 0.268 e. The van der Waals surface area contributed by atoms with Crippen LogP contribution in [0.5, 0.6) is 0 Å². The van der Waals surface area contributed by atoms with Crippen molar-refractivity contribution < 1.29 is 4.52 Å². The smallest absolute Gasteiger partial charge is 0.268 e. The van der Waals surface area contributed by atoms with E-state index in [4.69, 9.17) is 10.3 Å². The van der Waals surface area contributed by atoms with E-state index in [1.165, 1.54) is 19.3 Å². The summed E-state index contributed by atoms with van der Waals surface area (Å²) in [7, 11) is 0. The number of nitrogens with zero attached hydrogens (tertiary/aromatic N) is 3. The Balaban J connectivity index is 1.69. The van der Waals surface area contributed by atoms with Crippen molar-refractivity contribution in [3.05, 3.63) is 23.3 Å². The van der Waals surface area contributed by atoms with Gasteiger partial charge in [-0.3, -0.25) is 4.90 Å². The summed E-state index contributed by atoms with van der Waals surface area (Å²) in [5, 5.41) is 6.08. The highest BCUT2D eigenvalue weighted by Crippen LogP contribution is 2.23. The molecule has 0 aromatic carbocycles. The van der Waals surface area contributed by atoms with Crippen molar-refractivity contribution in [2.45, 2.75) is 31.8 Å². The lowest BCUT2D eigenvalue weighted by Crippen LogP contribution is -2.43. The lowest BCUT2D eigenvalue weighted by Gasteiger charge is -2.33. The van der Waals surface area contributed by atoms with E-state index in [9.17, 15) is 0 Å². The Morgan fingerprint density at radius 1 is 1.47 bits per heavy atom. The largest absolute Gasteiger partial charge is 0.333 e. The third kappa shape index (κ3) is 2.86. The SMILES string of the molecule is NCC1CCCCN1Cc1noc(-c2cccs2)n1. The van der Waals surface area contributed by atoms with E-state index >= 15 is 0 Å². The molecule has 0 spiro atoms.